The summed E-state index contributed by atoms with van der Waals surface area (Å²) in [7, 11) is 0. The minimum atomic E-state index is -0.253. The summed E-state index contributed by atoms with van der Waals surface area (Å²) < 4.78 is 17.1. The standard InChI is InChI=1S/C7H7FOS/c8-7-4-2-1-3-6(7)5-9-10/h1-4,10H,5H2. The second-order valence-electron chi connectivity index (χ2n) is 1.86. The van der Waals surface area contributed by atoms with Gasteiger partial charge in [-0.05, 0) is 19.0 Å². The molecule has 10 heavy (non-hydrogen) atoms. The van der Waals surface area contributed by atoms with Crippen LogP contribution < -0.4 is 0 Å². The Bertz CT molecular complexity index is 215. The summed E-state index contributed by atoms with van der Waals surface area (Å²) in [5, 5.41) is 0. The van der Waals surface area contributed by atoms with Gasteiger partial charge in [-0.3, -0.25) is 0 Å². The molecule has 1 aromatic carbocycles. The Morgan fingerprint density at radius 2 is 2.10 bits per heavy atom. The van der Waals surface area contributed by atoms with Gasteiger partial charge in [0.05, 0.1) is 6.61 Å². The summed E-state index contributed by atoms with van der Waals surface area (Å²) in [6.07, 6.45) is 0. The van der Waals surface area contributed by atoms with Gasteiger partial charge in [-0.1, -0.05) is 18.2 Å². The number of thiol groups is 1. The average molecular weight is 158 g/mol. The Morgan fingerprint density at radius 3 is 2.70 bits per heavy atom. The van der Waals surface area contributed by atoms with Crippen molar-refractivity contribution < 1.29 is 8.57 Å². The molecule has 0 aliphatic carbocycles. The minimum Gasteiger partial charge on any atom is -0.314 e. The number of hydrogen-bond acceptors (Lipinski definition) is 2. The fourth-order valence-electron chi connectivity index (χ4n) is 0.685. The van der Waals surface area contributed by atoms with E-state index in [-0.39, 0.29) is 12.4 Å². The van der Waals surface area contributed by atoms with Crippen LogP contribution in [0.4, 0.5) is 4.39 Å². The van der Waals surface area contributed by atoms with Gasteiger partial charge in [-0.25, -0.2) is 4.39 Å². The van der Waals surface area contributed by atoms with Crippen molar-refractivity contribution in [2.24, 2.45) is 0 Å². The zero-order valence-electron chi connectivity index (χ0n) is 5.25. The Hall–Kier alpha value is -0.540. The monoisotopic (exact) mass is 158 g/mol. The van der Waals surface area contributed by atoms with Gasteiger partial charge in [0, 0.05) is 5.56 Å². The fourth-order valence-corrected chi connectivity index (χ4v) is 0.824. The lowest BCUT2D eigenvalue weighted by Crippen LogP contribution is -1.88. The van der Waals surface area contributed by atoms with E-state index in [1.165, 1.54) is 6.07 Å². The number of halogens is 1. The quantitative estimate of drug-likeness (QED) is 0.512. The third-order valence-corrected chi connectivity index (χ3v) is 1.31. The third-order valence-electron chi connectivity index (χ3n) is 1.18. The van der Waals surface area contributed by atoms with E-state index in [4.69, 9.17) is 0 Å². The summed E-state index contributed by atoms with van der Waals surface area (Å²) in [5.41, 5.74) is 0.525. The topological polar surface area (TPSA) is 9.23 Å². The molecule has 0 bridgehead atoms. The van der Waals surface area contributed by atoms with Crippen molar-refractivity contribution in [2.45, 2.75) is 6.61 Å². The highest BCUT2D eigenvalue weighted by Gasteiger charge is 1.97. The van der Waals surface area contributed by atoms with Crippen molar-refractivity contribution in [3.05, 3.63) is 35.6 Å². The molecule has 0 N–H and O–H groups in total. The molecule has 0 saturated carbocycles. The molecule has 0 atom stereocenters. The zero-order valence-corrected chi connectivity index (χ0v) is 6.14. The van der Waals surface area contributed by atoms with Gasteiger partial charge >= 0.3 is 0 Å². The van der Waals surface area contributed by atoms with Crippen molar-refractivity contribution >= 4 is 12.9 Å². The Morgan fingerprint density at radius 1 is 1.40 bits per heavy atom. The maximum absolute atomic E-state index is 12.7. The number of benzene rings is 1. The lowest BCUT2D eigenvalue weighted by molar-refractivity contribution is 0.362. The lowest BCUT2D eigenvalue weighted by atomic mass is 10.2. The van der Waals surface area contributed by atoms with E-state index in [1.54, 1.807) is 18.2 Å². The highest BCUT2D eigenvalue weighted by Crippen LogP contribution is 2.07. The minimum absolute atomic E-state index is 0.204. The largest absolute Gasteiger partial charge is 0.314 e. The maximum atomic E-state index is 12.7. The van der Waals surface area contributed by atoms with Crippen LogP contribution in [0, 0.1) is 5.82 Å². The Labute approximate surface area is 64.4 Å². The molecule has 54 valence electrons. The molecule has 0 amide bonds. The van der Waals surface area contributed by atoms with Crippen LogP contribution in [0.3, 0.4) is 0 Å². The van der Waals surface area contributed by atoms with E-state index in [0.717, 1.165) is 0 Å². The van der Waals surface area contributed by atoms with Crippen molar-refractivity contribution in [1.82, 2.24) is 0 Å². The summed E-state index contributed by atoms with van der Waals surface area (Å²) >= 11 is 3.51. The molecule has 0 radical (unpaired) electrons. The normalized spacial score (nSPS) is 9.80. The molecule has 3 heteroatoms. The van der Waals surface area contributed by atoms with Gasteiger partial charge in [0.2, 0.25) is 0 Å². The highest BCUT2D eigenvalue weighted by atomic mass is 32.1. The van der Waals surface area contributed by atoms with E-state index >= 15 is 0 Å². The second-order valence-corrected chi connectivity index (χ2v) is 2.12. The van der Waals surface area contributed by atoms with Crippen LogP contribution >= 0.6 is 12.9 Å². The van der Waals surface area contributed by atoms with Crippen LogP contribution in [0.5, 0.6) is 0 Å². The molecule has 0 aromatic heterocycles. The van der Waals surface area contributed by atoms with Crippen LogP contribution in [0.2, 0.25) is 0 Å². The van der Waals surface area contributed by atoms with E-state index in [2.05, 4.69) is 17.1 Å². The summed E-state index contributed by atoms with van der Waals surface area (Å²) in [6, 6.07) is 6.44. The molecular formula is C7H7FOS. The molecule has 0 saturated heterocycles. The highest BCUT2D eigenvalue weighted by molar-refractivity contribution is 7.75. The predicted octanol–water partition coefficient (Wildman–Crippen LogP) is 2.19. The van der Waals surface area contributed by atoms with Crippen LogP contribution in [0.1, 0.15) is 5.56 Å². The van der Waals surface area contributed by atoms with Crippen molar-refractivity contribution in [3.8, 4) is 0 Å². The van der Waals surface area contributed by atoms with Crippen molar-refractivity contribution in [3.63, 3.8) is 0 Å². The second kappa shape index (κ2) is 3.58. The zero-order chi connectivity index (χ0) is 7.40. The number of rotatable bonds is 2. The smallest absolute Gasteiger partial charge is 0.128 e. The van der Waals surface area contributed by atoms with Gasteiger partial charge in [-0.15, -0.1) is 0 Å². The molecule has 0 aliphatic heterocycles. The van der Waals surface area contributed by atoms with Crippen LogP contribution in [-0.2, 0) is 10.8 Å². The Kier molecular flexibility index (Phi) is 2.71. The first-order valence-corrected chi connectivity index (χ1v) is 3.21. The van der Waals surface area contributed by atoms with Gasteiger partial charge in [0.15, 0.2) is 0 Å². The van der Waals surface area contributed by atoms with Crippen LogP contribution in [0.25, 0.3) is 0 Å². The molecule has 0 heterocycles. The summed E-state index contributed by atoms with van der Waals surface area (Å²) in [6.45, 7) is 0.204. The van der Waals surface area contributed by atoms with Crippen molar-refractivity contribution in [1.29, 1.82) is 0 Å². The average Bonchev–Trinajstić information content (AvgIpc) is 1.94. The van der Waals surface area contributed by atoms with Crippen molar-refractivity contribution in [2.75, 3.05) is 0 Å². The van der Waals surface area contributed by atoms with Crippen LogP contribution in [0.15, 0.2) is 24.3 Å². The molecule has 0 unspecified atom stereocenters. The third kappa shape index (κ3) is 1.72. The molecule has 1 rings (SSSR count). The molecule has 0 spiro atoms. The summed E-state index contributed by atoms with van der Waals surface area (Å²) in [4.78, 5) is 0. The van der Waals surface area contributed by atoms with E-state index in [9.17, 15) is 4.39 Å². The van der Waals surface area contributed by atoms with Gasteiger partial charge in [0.25, 0.3) is 0 Å². The lowest BCUT2D eigenvalue weighted by Gasteiger charge is -1.97. The molecular weight excluding hydrogens is 151 g/mol. The maximum Gasteiger partial charge on any atom is 0.128 e. The molecule has 0 aliphatic rings. The van der Waals surface area contributed by atoms with E-state index < -0.39 is 0 Å². The van der Waals surface area contributed by atoms with E-state index in [1.807, 2.05) is 0 Å². The summed E-state index contributed by atoms with van der Waals surface area (Å²) in [5.74, 6) is -0.253. The van der Waals surface area contributed by atoms with Gasteiger partial charge in [0.1, 0.15) is 5.82 Å². The van der Waals surface area contributed by atoms with E-state index in [0.29, 0.717) is 5.56 Å². The molecule has 1 nitrogen and oxygen atoms in total. The fraction of sp³-hybridized carbons (Fsp3) is 0.143. The van der Waals surface area contributed by atoms with Crippen LogP contribution in [-0.4, -0.2) is 0 Å². The first kappa shape index (κ1) is 7.57. The van der Waals surface area contributed by atoms with Gasteiger partial charge < -0.3 is 4.18 Å². The SMILES string of the molecule is Fc1ccccc1COS. The number of hydrogen-bond donors (Lipinski definition) is 1. The molecule has 0 fully saturated rings. The van der Waals surface area contributed by atoms with Gasteiger partial charge in [-0.2, -0.15) is 0 Å². The predicted molar refractivity (Wildman–Crippen MR) is 40.2 cm³/mol. The Balaban J connectivity index is 2.81. The molecule has 1 aromatic rings. The first-order valence-electron chi connectivity index (χ1n) is 2.84. The first-order chi connectivity index (χ1) is 4.84.